The Balaban J connectivity index is 0.978. The van der Waals surface area contributed by atoms with E-state index in [-0.39, 0.29) is 5.41 Å². The van der Waals surface area contributed by atoms with Crippen LogP contribution in [0.1, 0.15) is 48.9 Å². The van der Waals surface area contributed by atoms with Crippen molar-refractivity contribution < 1.29 is 0 Å². The molecule has 1 aliphatic carbocycles. The van der Waals surface area contributed by atoms with Crippen molar-refractivity contribution in [3.05, 3.63) is 247 Å². The normalized spacial score (nSPS) is 12.5. The van der Waals surface area contributed by atoms with Crippen molar-refractivity contribution in [1.82, 2.24) is 0 Å². The van der Waals surface area contributed by atoms with Crippen LogP contribution >= 0.6 is 0 Å². The molecule has 0 unspecified atom stereocenters. The van der Waals surface area contributed by atoms with E-state index in [9.17, 15) is 0 Å². The Labute approximate surface area is 367 Å². The number of hydrogen-bond acceptors (Lipinski definition) is 1. The zero-order chi connectivity index (χ0) is 41.9. The molecule has 62 heavy (non-hydrogen) atoms. The number of rotatable bonds is 11. The van der Waals surface area contributed by atoms with E-state index in [2.05, 4.69) is 255 Å². The molecule has 1 aliphatic rings. The van der Waals surface area contributed by atoms with Crippen LogP contribution in [0.25, 0.3) is 67.8 Å². The van der Waals surface area contributed by atoms with Crippen molar-refractivity contribution in [2.45, 2.75) is 32.1 Å². The number of benzene rings is 9. The third-order valence-electron chi connectivity index (χ3n) is 13.0. The van der Waals surface area contributed by atoms with Gasteiger partial charge in [0.15, 0.2) is 0 Å². The number of hydrogen-bond donors (Lipinski definition) is 0. The predicted molar refractivity (Wildman–Crippen MR) is 265 cm³/mol. The zero-order valence-electron chi connectivity index (χ0n) is 35.4. The van der Waals surface area contributed by atoms with E-state index in [1.54, 1.807) is 0 Å². The minimum Gasteiger partial charge on any atom is -0.310 e. The van der Waals surface area contributed by atoms with Gasteiger partial charge in [-0.3, -0.25) is 0 Å². The molecule has 0 aromatic heterocycles. The first-order valence-electron chi connectivity index (χ1n) is 22.0. The molecule has 0 saturated heterocycles. The average Bonchev–Trinajstić information content (AvgIpc) is 3.63. The molecule has 9 aromatic rings. The summed E-state index contributed by atoms with van der Waals surface area (Å²) in [6, 6.07) is 81.8. The zero-order valence-corrected chi connectivity index (χ0v) is 35.4. The molecule has 0 N–H and O–H groups in total. The standard InChI is InChI=1S/C61H49N/c1-3-61(4-2)58-41-45(35-39-56(58)57-40-38-53(43-59(57)61)62(51-25-13-7-14-26-51)52-27-15-8-16-28-52)32-31-44-33-36-48(37-34-44)60-54(47-21-11-6-12-22-47)29-18-30-55(60)50-24-17-23-49(42-50)46-19-9-5-10-20-46/h5-43H,3-4H2,1-2H3/b32-31+. The van der Waals surface area contributed by atoms with Gasteiger partial charge in [-0.25, -0.2) is 0 Å². The highest BCUT2D eigenvalue weighted by molar-refractivity contribution is 5.95. The second-order valence-corrected chi connectivity index (χ2v) is 16.3. The second-order valence-electron chi connectivity index (χ2n) is 16.3. The summed E-state index contributed by atoms with van der Waals surface area (Å²) in [6.45, 7) is 4.71. The lowest BCUT2D eigenvalue weighted by molar-refractivity contribution is 0.490. The molecule has 0 radical (unpaired) electrons. The molecule has 1 heteroatoms. The summed E-state index contributed by atoms with van der Waals surface area (Å²) in [5.74, 6) is 0. The van der Waals surface area contributed by atoms with Crippen molar-refractivity contribution in [3.63, 3.8) is 0 Å². The molecule has 0 bridgehead atoms. The van der Waals surface area contributed by atoms with Gasteiger partial charge in [-0.05, 0) is 133 Å². The fraction of sp³-hybridized carbons (Fsp3) is 0.0820. The van der Waals surface area contributed by atoms with Gasteiger partial charge in [-0.15, -0.1) is 0 Å². The van der Waals surface area contributed by atoms with Crippen molar-refractivity contribution in [2.75, 3.05) is 4.90 Å². The summed E-state index contributed by atoms with van der Waals surface area (Å²) < 4.78 is 0. The number of para-hydroxylation sites is 2. The first-order valence-corrected chi connectivity index (χ1v) is 22.0. The molecule has 0 spiro atoms. The molecule has 9 aromatic carbocycles. The van der Waals surface area contributed by atoms with Crippen LogP contribution in [0.2, 0.25) is 0 Å². The van der Waals surface area contributed by atoms with Crippen LogP contribution in [0.4, 0.5) is 17.1 Å². The summed E-state index contributed by atoms with van der Waals surface area (Å²) in [5, 5.41) is 0. The lowest BCUT2D eigenvalue weighted by Crippen LogP contribution is -2.23. The van der Waals surface area contributed by atoms with Gasteiger partial charge in [0.05, 0.1) is 0 Å². The van der Waals surface area contributed by atoms with Crippen LogP contribution in [0, 0.1) is 0 Å². The molecule has 0 heterocycles. The Bertz CT molecular complexity index is 2960. The number of fused-ring (bicyclic) bond motifs is 3. The average molecular weight is 796 g/mol. The van der Waals surface area contributed by atoms with Gasteiger partial charge in [-0.1, -0.05) is 208 Å². The van der Waals surface area contributed by atoms with Crippen molar-refractivity contribution >= 4 is 29.2 Å². The van der Waals surface area contributed by atoms with Crippen LogP contribution in [0.15, 0.2) is 224 Å². The van der Waals surface area contributed by atoms with E-state index in [4.69, 9.17) is 0 Å². The highest BCUT2D eigenvalue weighted by atomic mass is 15.1. The summed E-state index contributed by atoms with van der Waals surface area (Å²) >= 11 is 0. The summed E-state index contributed by atoms with van der Waals surface area (Å²) in [6.07, 6.45) is 6.60. The molecular weight excluding hydrogens is 747 g/mol. The van der Waals surface area contributed by atoms with Gasteiger partial charge in [0.2, 0.25) is 0 Å². The molecule has 0 fully saturated rings. The topological polar surface area (TPSA) is 3.24 Å². The van der Waals surface area contributed by atoms with E-state index in [1.165, 1.54) is 83.6 Å². The predicted octanol–water partition coefficient (Wildman–Crippen LogP) is 17.1. The van der Waals surface area contributed by atoms with Gasteiger partial charge in [0.25, 0.3) is 0 Å². The first kappa shape index (κ1) is 38.7. The molecule has 0 aliphatic heterocycles. The Morgan fingerprint density at radius 2 is 0.823 bits per heavy atom. The highest BCUT2D eigenvalue weighted by Gasteiger charge is 2.41. The van der Waals surface area contributed by atoms with Gasteiger partial charge in [0.1, 0.15) is 0 Å². The maximum absolute atomic E-state index is 2.46. The minimum atomic E-state index is -0.0737. The molecule has 10 rings (SSSR count). The SMILES string of the molecule is CCC1(CC)c2cc(/C=C/c3ccc(-c4c(-c5ccccc5)cccc4-c4cccc(-c5ccccc5)c4)cc3)ccc2-c2ccc(N(c3ccccc3)c3ccccc3)cc21. The molecular formula is C61H49N. The highest BCUT2D eigenvalue weighted by Crippen LogP contribution is 2.54. The van der Waals surface area contributed by atoms with Crippen LogP contribution in [0.3, 0.4) is 0 Å². The van der Waals surface area contributed by atoms with Crippen LogP contribution in [-0.2, 0) is 5.41 Å². The lowest BCUT2D eigenvalue weighted by Gasteiger charge is -2.32. The van der Waals surface area contributed by atoms with Gasteiger partial charge >= 0.3 is 0 Å². The van der Waals surface area contributed by atoms with Crippen molar-refractivity contribution in [1.29, 1.82) is 0 Å². The van der Waals surface area contributed by atoms with Crippen molar-refractivity contribution in [3.8, 4) is 55.6 Å². The number of anilines is 3. The Kier molecular flexibility index (Phi) is 10.5. The van der Waals surface area contributed by atoms with E-state index >= 15 is 0 Å². The molecule has 298 valence electrons. The molecule has 0 amide bonds. The van der Waals surface area contributed by atoms with Crippen molar-refractivity contribution in [2.24, 2.45) is 0 Å². The summed E-state index contributed by atoms with van der Waals surface area (Å²) in [7, 11) is 0. The van der Waals surface area contributed by atoms with Crippen LogP contribution in [-0.4, -0.2) is 0 Å². The smallest absolute Gasteiger partial charge is 0.0465 e. The Morgan fingerprint density at radius 3 is 1.45 bits per heavy atom. The van der Waals surface area contributed by atoms with E-state index in [0.29, 0.717) is 0 Å². The molecule has 0 atom stereocenters. The van der Waals surface area contributed by atoms with Gasteiger partial charge < -0.3 is 4.90 Å². The Hall–Kier alpha value is -7.48. The van der Waals surface area contributed by atoms with E-state index in [1.807, 2.05) is 0 Å². The van der Waals surface area contributed by atoms with Crippen LogP contribution < -0.4 is 4.90 Å². The lowest BCUT2D eigenvalue weighted by atomic mass is 9.73. The second kappa shape index (κ2) is 16.9. The maximum Gasteiger partial charge on any atom is 0.0465 e. The third-order valence-corrected chi connectivity index (χ3v) is 13.0. The fourth-order valence-electron chi connectivity index (χ4n) is 9.77. The monoisotopic (exact) mass is 795 g/mol. The summed E-state index contributed by atoms with van der Waals surface area (Å²) in [4.78, 5) is 2.38. The van der Waals surface area contributed by atoms with Gasteiger partial charge in [0, 0.05) is 22.5 Å². The van der Waals surface area contributed by atoms with E-state index in [0.717, 1.165) is 24.2 Å². The molecule has 0 saturated carbocycles. The third kappa shape index (κ3) is 7.16. The van der Waals surface area contributed by atoms with E-state index < -0.39 is 0 Å². The quantitative estimate of drug-likeness (QED) is 0.118. The largest absolute Gasteiger partial charge is 0.310 e. The number of nitrogens with zero attached hydrogens (tertiary/aromatic N) is 1. The Morgan fingerprint density at radius 1 is 0.339 bits per heavy atom. The summed E-state index contributed by atoms with van der Waals surface area (Å²) in [5.41, 5.74) is 21.1. The minimum absolute atomic E-state index is 0.0737. The van der Waals surface area contributed by atoms with Gasteiger partial charge in [-0.2, -0.15) is 0 Å². The molecule has 1 nitrogen and oxygen atoms in total. The van der Waals surface area contributed by atoms with Crippen LogP contribution in [0.5, 0.6) is 0 Å². The maximum atomic E-state index is 2.46. The fourth-order valence-corrected chi connectivity index (χ4v) is 9.77. The first-order chi connectivity index (χ1) is 30.6.